The van der Waals surface area contributed by atoms with Crippen LogP contribution in [-0.2, 0) is 6.42 Å². The molecule has 0 radical (unpaired) electrons. The summed E-state index contributed by atoms with van der Waals surface area (Å²) < 4.78 is 6.60. The van der Waals surface area contributed by atoms with E-state index in [1.807, 2.05) is 48.7 Å². The van der Waals surface area contributed by atoms with Crippen LogP contribution in [0.15, 0.2) is 67.0 Å². The van der Waals surface area contributed by atoms with E-state index in [1.165, 1.54) is 5.56 Å². The predicted octanol–water partition coefficient (Wildman–Crippen LogP) is 5.71. The lowest BCUT2D eigenvalue weighted by Crippen LogP contribution is -2.22. The minimum atomic E-state index is -0.114. The van der Waals surface area contributed by atoms with Gasteiger partial charge in [0, 0.05) is 47.4 Å². The quantitative estimate of drug-likeness (QED) is 0.562. The molecule has 0 unspecified atom stereocenters. The summed E-state index contributed by atoms with van der Waals surface area (Å²) in [6, 6.07) is 18.1. The summed E-state index contributed by atoms with van der Waals surface area (Å²) in [5.74, 6) is 1.21. The van der Waals surface area contributed by atoms with Crippen LogP contribution in [0.3, 0.4) is 0 Å². The Hall–Kier alpha value is -2.07. The molecule has 1 aliphatic heterocycles. The largest absolute Gasteiger partial charge is 0.485 e. The van der Waals surface area contributed by atoms with E-state index in [1.54, 1.807) is 6.20 Å². The van der Waals surface area contributed by atoms with E-state index in [2.05, 4.69) is 22.4 Å². The van der Waals surface area contributed by atoms with Gasteiger partial charge in [-0.05, 0) is 42.8 Å². The molecule has 1 aromatic heterocycles. The molecule has 1 fully saturated rings. The Morgan fingerprint density at radius 1 is 1.04 bits per heavy atom. The van der Waals surface area contributed by atoms with Crippen LogP contribution in [0, 0.1) is 5.92 Å². The van der Waals surface area contributed by atoms with Crippen molar-refractivity contribution in [3.8, 4) is 5.75 Å². The van der Waals surface area contributed by atoms with Gasteiger partial charge in [-0.3, -0.25) is 4.98 Å². The number of hydrogen-bond acceptors (Lipinski definition) is 3. The topological polar surface area (TPSA) is 34.1 Å². The van der Waals surface area contributed by atoms with E-state index in [9.17, 15) is 0 Å². The minimum absolute atomic E-state index is 0.114. The van der Waals surface area contributed by atoms with Crippen LogP contribution in [0.5, 0.6) is 5.75 Å². The molecular formula is C23H22Cl2N2O. The fourth-order valence-corrected chi connectivity index (χ4v) is 4.09. The first-order chi connectivity index (χ1) is 13.7. The minimum Gasteiger partial charge on any atom is -0.485 e. The first-order valence-corrected chi connectivity index (χ1v) is 10.2. The molecule has 28 heavy (non-hydrogen) atoms. The number of pyridine rings is 1. The zero-order valence-electron chi connectivity index (χ0n) is 15.4. The van der Waals surface area contributed by atoms with Crippen molar-refractivity contribution in [1.82, 2.24) is 10.3 Å². The van der Waals surface area contributed by atoms with Crippen molar-refractivity contribution in [2.45, 2.75) is 18.9 Å². The van der Waals surface area contributed by atoms with E-state index in [-0.39, 0.29) is 6.10 Å². The lowest BCUT2D eigenvalue weighted by molar-refractivity contribution is 0.143. The van der Waals surface area contributed by atoms with Gasteiger partial charge in [0.15, 0.2) is 0 Å². The van der Waals surface area contributed by atoms with Gasteiger partial charge in [-0.25, -0.2) is 0 Å². The number of benzene rings is 2. The Morgan fingerprint density at radius 2 is 1.89 bits per heavy atom. The van der Waals surface area contributed by atoms with Crippen molar-refractivity contribution in [3.63, 3.8) is 0 Å². The maximum Gasteiger partial charge on any atom is 0.129 e. The van der Waals surface area contributed by atoms with E-state index >= 15 is 0 Å². The molecule has 4 rings (SSSR count). The summed E-state index contributed by atoms with van der Waals surface area (Å²) in [6.45, 7) is 1.91. The highest BCUT2D eigenvalue weighted by molar-refractivity contribution is 6.30. The maximum absolute atomic E-state index is 6.60. The van der Waals surface area contributed by atoms with Gasteiger partial charge in [-0.15, -0.1) is 0 Å². The third-order valence-corrected chi connectivity index (χ3v) is 5.54. The lowest BCUT2D eigenvalue weighted by Gasteiger charge is -2.26. The van der Waals surface area contributed by atoms with Gasteiger partial charge in [-0.1, -0.05) is 53.5 Å². The van der Waals surface area contributed by atoms with E-state index in [4.69, 9.17) is 27.9 Å². The van der Waals surface area contributed by atoms with Gasteiger partial charge < -0.3 is 10.1 Å². The number of hydrogen-bond donors (Lipinski definition) is 1. The molecule has 0 saturated carbocycles. The van der Waals surface area contributed by atoms with Gasteiger partial charge in [0.25, 0.3) is 0 Å². The molecule has 2 aromatic carbocycles. The molecule has 1 saturated heterocycles. The van der Waals surface area contributed by atoms with Gasteiger partial charge in [0.05, 0.1) is 5.02 Å². The normalized spacial score (nSPS) is 17.4. The molecule has 0 amide bonds. The average Bonchev–Trinajstić information content (AvgIpc) is 3.23. The number of nitrogens with one attached hydrogen (secondary N) is 1. The molecule has 0 aliphatic carbocycles. The van der Waals surface area contributed by atoms with Crippen molar-refractivity contribution < 1.29 is 4.74 Å². The van der Waals surface area contributed by atoms with Gasteiger partial charge in [0.1, 0.15) is 11.9 Å². The molecule has 3 aromatic rings. The van der Waals surface area contributed by atoms with Crippen molar-refractivity contribution in [1.29, 1.82) is 0 Å². The SMILES string of the molecule is Clc1cncc([C@H](Oc2ccc(Cl)cc2Cc2ccccc2)[C@H]2CCNC2)c1. The first kappa shape index (κ1) is 19.3. The smallest absolute Gasteiger partial charge is 0.129 e. The summed E-state index contributed by atoms with van der Waals surface area (Å²) in [5.41, 5.74) is 3.30. The summed E-state index contributed by atoms with van der Waals surface area (Å²) >= 11 is 12.5. The van der Waals surface area contributed by atoms with Crippen LogP contribution in [0.2, 0.25) is 10.0 Å². The number of rotatable bonds is 6. The van der Waals surface area contributed by atoms with Crippen LogP contribution in [-0.4, -0.2) is 18.1 Å². The Bertz CT molecular complexity index is 927. The summed E-state index contributed by atoms with van der Waals surface area (Å²) in [5, 5.41) is 4.76. The van der Waals surface area contributed by atoms with Crippen molar-refractivity contribution in [3.05, 3.63) is 93.7 Å². The highest BCUT2D eigenvalue weighted by atomic mass is 35.5. The predicted molar refractivity (Wildman–Crippen MR) is 114 cm³/mol. The zero-order valence-corrected chi connectivity index (χ0v) is 17.0. The molecule has 1 N–H and O–H groups in total. The number of halogens is 2. The van der Waals surface area contributed by atoms with E-state index in [0.29, 0.717) is 16.0 Å². The summed E-state index contributed by atoms with van der Waals surface area (Å²) in [4.78, 5) is 4.27. The third kappa shape index (κ3) is 4.67. The van der Waals surface area contributed by atoms with Crippen molar-refractivity contribution in [2.24, 2.45) is 5.92 Å². The number of nitrogens with zero attached hydrogens (tertiary/aromatic N) is 1. The van der Waals surface area contributed by atoms with Gasteiger partial charge >= 0.3 is 0 Å². The second-order valence-corrected chi connectivity index (χ2v) is 8.02. The molecule has 2 atom stereocenters. The fourth-order valence-electron chi connectivity index (χ4n) is 3.71. The molecule has 1 aliphatic rings. The maximum atomic E-state index is 6.60. The van der Waals surface area contributed by atoms with Crippen LogP contribution in [0.1, 0.15) is 29.2 Å². The zero-order chi connectivity index (χ0) is 19.3. The highest BCUT2D eigenvalue weighted by Crippen LogP contribution is 2.35. The Labute approximate surface area is 175 Å². The monoisotopic (exact) mass is 412 g/mol. The van der Waals surface area contributed by atoms with Crippen LogP contribution >= 0.6 is 23.2 Å². The fraction of sp³-hybridized carbons (Fsp3) is 0.261. The van der Waals surface area contributed by atoms with Crippen LogP contribution in [0.4, 0.5) is 0 Å². The molecular weight excluding hydrogens is 391 g/mol. The van der Waals surface area contributed by atoms with Crippen LogP contribution < -0.4 is 10.1 Å². The third-order valence-electron chi connectivity index (χ3n) is 5.10. The molecule has 0 bridgehead atoms. The van der Waals surface area contributed by atoms with Gasteiger partial charge in [0.2, 0.25) is 0 Å². The second kappa shape index (κ2) is 8.95. The standard InChI is InChI=1S/C23H22Cl2N2O/c24-20-6-7-22(18(11-20)10-16-4-2-1-3-5-16)28-23(17-8-9-26-13-17)19-12-21(25)15-27-14-19/h1-7,11-12,14-15,17,23,26H,8-10,13H2/t17-,23+/m0/s1. The molecule has 3 nitrogen and oxygen atoms in total. The molecule has 144 valence electrons. The van der Waals surface area contributed by atoms with Crippen molar-refractivity contribution in [2.75, 3.05) is 13.1 Å². The lowest BCUT2D eigenvalue weighted by atomic mass is 9.95. The Kier molecular flexibility index (Phi) is 6.16. The van der Waals surface area contributed by atoms with Gasteiger partial charge in [-0.2, -0.15) is 0 Å². The number of aromatic nitrogens is 1. The number of ether oxygens (including phenoxy) is 1. The molecule has 5 heteroatoms. The Balaban J connectivity index is 1.66. The van der Waals surface area contributed by atoms with Crippen LogP contribution in [0.25, 0.3) is 0 Å². The first-order valence-electron chi connectivity index (χ1n) is 9.49. The van der Waals surface area contributed by atoms with Crippen molar-refractivity contribution >= 4 is 23.2 Å². The van der Waals surface area contributed by atoms with E-state index in [0.717, 1.165) is 42.8 Å². The summed E-state index contributed by atoms with van der Waals surface area (Å²) in [7, 11) is 0. The summed E-state index contributed by atoms with van der Waals surface area (Å²) in [6.07, 6.45) is 5.20. The average molecular weight is 413 g/mol. The molecule has 2 heterocycles. The second-order valence-electron chi connectivity index (χ2n) is 7.14. The van der Waals surface area contributed by atoms with E-state index < -0.39 is 0 Å². The Morgan fingerprint density at radius 3 is 2.64 bits per heavy atom. The highest BCUT2D eigenvalue weighted by Gasteiger charge is 2.29. The molecule has 0 spiro atoms.